The molecule has 0 aliphatic heterocycles. The van der Waals surface area contributed by atoms with Crippen molar-refractivity contribution >= 4 is 33.0 Å². The maximum Gasteiger partial charge on any atom is 0.138 e. The third-order valence-electron chi connectivity index (χ3n) is 2.86. The fourth-order valence-electron chi connectivity index (χ4n) is 1.82. The van der Waals surface area contributed by atoms with Crippen LogP contribution >= 0.6 is 27.3 Å². The van der Waals surface area contributed by atoms with E-state index in [0.717, 1.165) is 17.3 Å². The van der Waals surface area contributed by atoms with E-state index in [0.29, 0.717) is 12.2 Å². The molecule has 0 saturated carbocycles. The second-order valence-electron chi connectivity index (χ2n) is 4.42. The van der Waals surface area contributed by atoms with Gasteiger partial charge in [-0.3, -0.25) is 4.79 Å². The van der Waals surface area contributed by atoms with Crippen molar-refractivity contribution in [3.05, 3.63) is 20.8 Å². The molecule has 1 rings (SSSR count). The first kappa shape index (κ1) is 14.9. The van der Waals surface area contributed by atoms with Crippen molar-refractivity contribution in [2.75, 3.05) is 0 Å². The minimum Gasteiger partial charge on any atom is -0.299 e. The summed E-state index contributed by atoms with van der Waals surface area (Å²) in [5, 5.41) is 2.03. The van der Waals surface area contributed by atoms with Gasteiger partial charge in [-0.05, 0) is 33.8 Å². The number of carbonyl (C=O) groups excluding carboxylic acids is 1. The third-order valence-corrected chi connectivity index (χ3v) is 4.78. The van der Waals surface area contributed by atoms with E-state index in [1.807, 2.05) is 11.4 Å². The van der Waals surface area contributed by atoms with Crippen molar-refractivity contribution in [3.8, 4) is 0 Å². The Morgan fingerprint density at radius 3 is 2.59 bits per heavy atom. The van der Waals surface area contributed by atoms with Crippen LogP contribution in [0.3, 0.4) is 0 Å². The normalized spacial score (nSPS) is 10.7. The maximum absolute atomic E-state index is 11.7. The molecule has 1 nitrogen and oxygen atoms in total. The lowest BCUT2D eigenvalue weighted by Gasteiger charge is -2.01. The van der Waals surface area contributed by atoms with Gasteiger partial charge >= 0.3 is 0 Å². The highest BCUT2D eigenvalue weighted by molar-refractivity contribution is 9.10. The van der Waals surface area contributed by atoms with Crippen LogP contribution < -0.4 is 0 Å². The number of carbonyl (C=O) groups is 1. The fourth-order valence-corrected chi connectivity index (χ4v) is 3.34. The monoisotopic (exact) mass is 316 g/mol. The molecule has 0 fully saturated rings. The van der Waals surface area contributed by atoms with Crippen molar-refractivity contribution < 1.29 is 4.79 Å². The summed E-state index contributed by atoms with van der Waals surface area (Å²) in [5.41, 5.74) is 0. The van der Waals surface area contributed by atoms with Gasteiger partial charge in [0.25, 0.3) is 0 Å². The van der Waals surface area contributed by atoms with Gasteiger partial charge in [-0.2, -0.15) is 0 Å². The molecule has 0 aliphatic rings. The highest BCUT2D eigenvalue weighted by atomic mass is 79.9. The van der Waals surface area contributed by atoms with E-state index in [1.165, 1.54) is 37.0 Å². The molecule has 0 aliphatic carbocycles. The zero-order chi connectivity index (χ0) is 12.5. The number of halogens is 1. The van der Waals surface area contributed by atoms with E-state index >= 15 is 0 Å². The molecule has 0 aromatic carbocycles. The van der Waals surface area contributed by atoms with E-state index in [4.69, 9.17) is 0 Å². The summed E-state index contributed by atoms with van der Waals surface area (Å²) in [6.07, 6.45) is 8.83. The first-order valence-electron chi connectivity index (χ1n) is 6.47. The molecule has 17 heavy (non-hydrogen) atoms. The summed E-state index contributed by atoms with van der Waals surface area (Å²) in [4.78, 5) is 12.9. The molecule has 0 spiro atoms. The van der Waals surface area contributed by atoms with Crippen LogP contribution in [0.15, 0.2) is 15.9 Å². The molecular weight excluding hydrogens is 296 g/mol. The van der Waals surface area contributed by atoms with Crippen molar-refractivity contribution in [3.63, 3.8) is 0 Å². The summed E-state index contributed by atoms with van der Waals surface area (Å²) < 4.78 is 1.08. The molecule has 1 aromatic heterocycles. The highest BCUT2D eigenvalue weighted by Crippen LogP contribution is 2.23. The molecule has 0 radical (unpaired) electrons. The number of unbranched alkanes of at least 4 members (excludes halogenated alkanes) is 5. The molecule has 3 heteroatoms. The molecule has 0 N–H and O–H groups in total. The lowest BCUT2D eigenvalue weighted by Crippen LogP contribution is -2.01. The largest absolute Gasteiger partial charge is 0.299 e. The van der Waals surface area contributed by atoms with Gasteiger partial charge in [0.05, 0.1) is 0 Å². The van der Waals surface area contributed by atoms with Gasteiger partial charge in [0.15, 0.2) is 0 Å². The van der Waals surface area contributed by atoms with Crippen LogP contribution in [-0.4, -0.2) is 5.78 Å². The van der Waals surface area contributed by atoms with E-state index in [-0.39, 0.29) is 0 Å². The Morgan fingerprint density at radius 1 is 1.24 bits per heavy atom. The van der Waals surface area contributed by atoms with Gasteiger partial charge in [-0.1, -0.05) is 39.0 Å². The third kappa shape index (κ3) is 6.37. The number of hydrogen-bond donors (Lipinski definition) is 0. The zero-order valence-corrected chi connectivity index (χ0v) is 12.9. The second-order valence-corrected chi connectivity index (χ2v) is 6.28. The Morgan fingerprint density at radius 2 is 1.94 bits per heavy atom. The van der Waals surface area contributed by atoms with Gasteiger partial charge in [-0.15, -0.1) is 11.3 Å². The summed E-state index contributed by atoms with van der Waals surface area (Å²) in [7, 11) is 0. The first-order chi connectivity index (χ1) is 8.24. The summed E-state index contributed by atoms with van der Waals surface area (Å²) >= 11 is 5.12. The Kier molecular flexibility index (Phi) is 7.78. The van der Waals surface area contributed by atoms with E-state index in [2.05, 4.69) is 22.9 Å². The van der Waals surface area contributed by atoms with Gasteiger partial charge in [0, 0.05) is 22.2 Å². The zero-order valence-electron chi connectivity index (χ0n) is 10.5. The summed E-state index contributed by atoms with van der Waals surface area (Å²) in [5.74, 6) is 0.378. The topological polar surface area (TPSA) is 17.1 Å². The van der Waals surface area contributed by atoms with E-state index in [9.17, 15) is 4.79 Å². The SMILES string of the molecule is CCCCCCCCC(=O)Cc1sccc1Br. The standard InChI is InChI=1S/C14H21BrOS/c1-2-3-4-5-6-7-8-12(16)11-14-13(15)9-10-17-14/h9-10H,2-8,11H2,1H3. The van der Waals surface area contributed by atoms with Crippen LogP contribution in [0.25, 0.3) is 0 Å². The van der Waals surface area contributed by atoms with Crippen LogP contribution in [0.5, 0.6) is 0 Å². The number of thiophene rings is 1. The van der Waals surface area contributed by atoms with Gasteiger partial charge in [0.1, 0.15) is 5.78 Å². The molecule has 0 amide bonds. The molecule has 1 heterocycles. The van der Waals surface area contributed by atoms with E-state index < -0.39 is 0 Å². The highest BCUT2D eigenvalue weighted by Gasteiger charge is 2.07. The van der Waals surface area contributed by atoms with E-state index in [1.54, 1.807) is 11.3 Å². The van der Waals surface area contributed by atoms with Crippen LogP contribution in [0, 0.1) is 0 Å². The number of hydrogen-bond acceptors (Lipinski definition) is 2. The molecule has 96 valence electrons. The minimum atomic E-state index is 0.378. The van der Waals surface area contributed by atoms with Gasteiger partial charge in [0.2, 0.25) is 0 Å². The molecule has 0 saturated heterocycles. The Hall–Kier alpha value is -0.150. The fraction of sp³-hybridized carbons (Fsp3) is 0.643. The molecule has 0 bridgehead atoms. The van der Waals surface area contributed by atoms with Gasteiger partial charge < -0.3 is 0 Å². The molecule has 0 unspecified atom stereocenters. The number of ketones is 1. The average Bonchev–Trinajstić information content (AvgIpc) is 2.69. The first-order valence-corrected chi connectivity index (χ1v) is 8.15. The molecular formula is C14H21BrOS. The van der Waals surface area contributed by atoms with Crippen molar-refractivity contribution in [2.24, 2.45) is 0 Å². The lowest BCUT2D eigenvalue weighted by molar-refractivity contribution is -0.118. The number of Topliss-reactive ketones (excluding diaryl/α,β-unsaturated/α-hetero) is 1. The van der Waals surface area contributed by atoms with Crippen molar-refractivity contribution in [2.45, 2.75) is 58.3 Å². The minimum absolute atomic E-state index is 0.378. The number of rotatable bonds is 9. The molecule has 0 atom stereocenters. The maximum atomic E-state index is 11.7. The Bertz CT molecular complexity index is 333. The Labute approximate surface area is 117 Å². The van der Waals surface area contributed by atoms with Crippen LogP contribution in [0.2, 0.25) is 0 Å². The quantitative estimate of drug-likeness (QED) is 0.559. The molecule has 1 aromatic rings. The van der Waals surface area contributed by atoms with Crippen LogP contribution in [0.1, 0.15) is 56.7 Å². The predicted molar refractivity (Wildman–Crippen MR) is 78.7 cm³/mol. The smallest absolute Gasteiger partial charge is 0.138 e. The Balaban J connectivity index is 2.08. The summed E-state index contributed by atoms with van der Waals surface area (Å²) in [6.45, 7) is 2.22. The summed E-state index contributed by atoms with van der Waals surface area (Å²) in [6, 6.07) is 2.01. The second kappa shape index (κ2) is 8.87. The van der Waals surface area contributed by atoms with Crippen LogP contribution in [-0.2, 0) is 11.2 Å². The average molecular weight is 317 g/mol. The van der Waals surface area contributed by atoms with Crippen LogP contribution in [0.4, 0.5) is 0 Å². The van der Waals surface area contributed by atoms with Gasteiger partial charge in [-0.25, -0.2) is 0 Å². The van der Waals surface area contributed by atoms with Crippen molar-refractivity contribution in [1.82, 2.24) is 0 Å². The lowest BCUT2D eigenvalue weighted by atomic mass is 10.1. The predicted octanol–water partition coefficient (Wildman–Crippen LogP) is 5.37. The van der Waals surface area contributed by atoms with Crippen molar-refractivity contribution in [1.29, 1.82) is 0 Å².